The van der Waals surface area contributed by atoms with Crippen LogP contribution in [0.25, 0.3) is 10.9 Å². The maximum Gasteiger partial charge on any atom is 0.242 e. The summed E-state index contributed by atoms with van der Waals surface area (Å²) in [4.78, 5) is 29.3. The molecule has 2 heterocycles. The highest BCUT2D eigenvalue weighted by Gasteiger charge is 2.34. The highest BCUT2D eigenvalue weighted by molar-refractivity contribution is 6.27. The second-order valence-corrected chi connectivity index (χ2v) is 6.77. The van der Waals surface area contributed by atoms with Crippen LogP contribution in [0.5, 0.6) is 0 Å². The van der Waals surface area contributed by atoms with Gasteiger partial charge in [0, 0.05) is 23.1 Å². The molecular formula is C18H22ClN3O2. The van der Waals surface area contributed by atoms with Gasteiger partial charge in [-0.15, -0.1) is 11.6 Å². The molecule has 2 aromatic rings. The van der Waals surface area contributed by atoms with Crippen LogP contribution in [0, 0.1) is 5.92 Å². The number of hydrogen-bond donors (Lipinski definition) is 2. The number of rotatable bonds is 4. The van der Waals surface area contributed by atoms with Crippen LogP contribution < -0.4 is 5.32 Å². The van der Waals surface area contributed by atoms with Crippen molar-refractivity contribution in [3.05, 3.63) is 35.5 Å². The number of hydrogen-bond acceptors (Lipinski definition) is 2. The largest absolute Gasteiger partial charge is 0.356 e. The maximum absolute atomic E-state index is 12.6. The molecule has 1 aromatic carbocycles. The topological polar surface area (TPSA) is 65.2 Å². The van der Waals surface area contributed by atoms with Crippen molar-refractivity contribution in [1.29, 1.82) is 0 Å². The maximum atomic E-state index is 12.6. The quantitative estimate of drug-likeness (QED) is 0.835. The summed E-state index contributed by atoms with van der Waals surface area (Å²) < 4.78 is 0. The lowest BCUT2D eigenvalue weighted by atomic mass is 9.90. The fraction of sp³-hybridized carbons (Fsp3) is 0.444. The van der Waals surface area contributed by atoms with E-state index in [9.17, 15) is 9.59 Å². The van der Waals surface area contributed by atoms with E-state index in [4.69, 9.17) is 11.6 Å². The average Bonchev–Trinajstić information content (AvgIpc) is 2.96. The first-order chi connectivity index (χ1) is 11.5. The third kappa shape index (κ3) is 3.00. The molecule has 6 heteroatoms. The van der Waals surface area contributed by atoms with Crippen LogP contribution in [0.15, 0.2) is 24.3 Å². The predicted molar refractivity (Wildman–Crippen MR) is 95.0 cm³/mol. The number of amides is 2. The third-order valence-corrected chi connectivity index (χ3v) is 4.83. The first-order valence-corrected chi connectivity index (χ1v) is 8.78. The Morgan fingerprint density at radius 3 is 2.83 bits per heavy atom. The average molecular weight is 348 g/mol. The Kier molecular flexibility index (Phi) is 4.81. The second kappa shape index (κ2) is 6.85. The molecule has 5 nitrogen and oxygen atoms in total. The summed E-state index contributed by atoms with van der Waals surface area (Å²) in [6.07, 6.45) is 0.817. The van der Waals surface area contributed by atoms with Gasteiger partial charge in [-0.1, -0.05) is 32.0 Å². The van der Waals surface area contributed by atoms with Crippen molar-refractivity contribution in [2.45, 2.75) is 26.3 Å². The van der Waals surface area contributed by atoms with Crippen molar-refractivity contribution in [3.63, 3.8) is 0 Å². The fourth-order valence-electron chi connectivity index (χ4n) is 3.57. The molecule has 0 saturated heterocycles. The van der Waals surface area contributed by atoms with Gasteiger partial charge < -0.3 is 15.2 Å². The second-order valence-electron chi connectivity index (χ2n) is 6.50. The number of nitrogens with one attached hydrogen (secondary N) is 2. The molecule has 0 bridgehead atoms. The number of carbonyl (C=O) groups excluding carboxylic acids is 2. The molecule has 0 fully saturated rings. The molecule has 0 radical (unpaired) electrons. The predicted octanol–water partition coefficient (Wildman–Crippen LogP) is 2.60. The van der Waals surface area contributed by atoms with Crippen molar-refractivity contribution < 1.29 is 9.59 Å². The fourth-order valence-corrected chi connectivity index (χ4v) is 3.66. The number of aromatic nitrogens is 1. The van der Waals surface area contributed by atoms with Gasteiger partial charge in [0.2, 0.25) is 11.8 Å². The number of alkyl halides is 1. The number of aromatic amines is 1. The monoisotopic (exact) mass is 347 g/mol. The standard InChI is InChI=1S/C18H22ClN3O2/c1-11(2)18-17-13(12-5-3-4-6-14(12)21-17)7-8-22(18)16(24)10-20-15(23)9-19/h3-6,11,18,21H,7-10H2,1-2H3,(H,20,23). The number of benzene rings is 1. The molecule has 0 spiro atoms. The zero-order chi connectivity index (χ0) is 17.3. The van der Waals surface area contributed by atoms with Crippen LogP contribution in [0.1, 0.15) is 31.1 Å². The Hall–Kier alpha value is -2.01. The molecular weight excluding hydrogens is 326 g/mol. The van der Waals surface area contributed by atoms with Crippen molar-refractivity contribution in [2.75, 3.05) is 19.0 Å². The summed E-state index contributed by atoms with van der Waals surface area (Å²) in [6.45, 7) is 4.88. The minimum Gasteiger partial charge on any atom is -0.356 e. The molecule has 128 valence electrons. The molecule has 1 atom stereocenters. The van der Waals surface area contributed by atoms with E-state index in [1.165, 1.54) is 10.9 Å². The Balaban J connectivity index is 1.90. The molecule has 0 aliphatic carbocycles. The summed E-state index contributed by atoms with van der Waals surface area (Å²) in [7, 11) is 0. The van der Waals surface area contributed by atoms with E-state index >= 15 is 0 Å². The Labute approximate surface area is 146 Å². The van der Waals surface area contributed by atoms with Gasteiger partial charge >= 0.3 is 0 Å². The molecule has 1 aliphatic heterocycles. The van der Waals surface area contributed by atoms with Gasteiger partial charge in [0.1, 0.15) is 5.88 Å². The Bertz CT molecular complexity index is 769. The minimum atomic E-state index is -0.325. The minimum absolute atomic E-state index is 0.00959. The molecule has 1 aromatic heterocycles. The normalized spacial score (nSPS) is 17.2. The van der Waals surface area contributed by atoms with Gasteiger partial charge in [0.25, 0.3) is 0 Å². The van der Waals surface area contributed by atoms with Crippen molar-refractivity contribution in [3.8, 4) is 0 Å². The van der Waals surface area contributed by atoms with E-state index in [2.05, 4.69) is 36.3 Å². The van der Waals surface area contributed by atoms with Crippen molar-refractivity contribution >= 4 is 34.3 Å². The van der Waals surface area contributed by atoms with Crippen LogP contribution in [0.3, 0.4) is 0 Å². The van der Waals surface area contributed by atoms with E-state index < -0.39 is 0 Å². The van der Waals surface area contributed by atoms with Gasteiger partial charge in [-0.3, -0.25) is 9.59 Å². The lowest BCUT2D eigenvalue weighted by Gasteiger charge is -2.38. The van der Waals surface area contributed by atoms with Gasteiger partial charge in [-0.05, 0) is 24.0 Å². The Morgan fingerprint density at radius 1 is 1.38 bits per heavy atom. The van der Waals surface area contributed by atoms with Crippen LogP contribution in [0.4, 0.5) is 0 Å². The van der Waals surface area contributed by atoms with Gasteiger partial charge in [0.15, 0.2) is 0 Å². The van der Waals surface area contributed by atoms with Gasteiger partial charge in [-0.2, -0.15) is 0 Å². The summed E-state index contributed by atoms with van der Waals surface area (Å²) in [5.41, 5.74) is 3.53. The molecule has 1 unspecified atom stereocenters. The third-order valence-electron chi connectivity index (χ3n) is 4.59. The van der Waals surface area contributed by atoms with Gasteiger partial charge in [-0.25, -0.2) is 0 Å². The SMILES string of the molecule is CC(C)C1c2[nH]c3ccccc3c2CCN1C(=O)CNC(=O)CCl. The molecule has 3 rings (SSSR count). The number of nitrogens with zero attached hydrogens (tertiary/aromatic N) is 1. The number of carbonyl (C=O) groups is 2. The Morgan fingerprint density at radius 2 is 2.12 bits per heavy atom. The highest BCUT2D eigenvalue weighted by Crippen LogP contribution is 2.38. The smallest absolute Gasteiger partial charge is 0.242 e. The van der Waals surface area contributed by atoms with Crippen molar-refractivity contribution in [2.24, 2.45) is 5.92 Å². The molecule has 2 N–H and O–H groups in total. The summed E-state index contributed by atoms with van der Waals surface area (Å²) in [6, 6.07) is 8.24. The molecule has 2 amide bonds. The van der Waals surface area contributed by atoms with E-state index in [0.29, 0.717) is 6.54 Å². The summed E-state index contributed by atoms with van der Waals surface area (Å²) >= 11 is 5.47. The summed E-state index contributed by atoms with van der Waals surface area (Å²) in [5, 5.41) is 3.80. The number of fused-ring (bicyclic) bond motifs is 3. The lowest BCUT2D eigenvalue weighted by molar-refractivity contribution is -0.136. The summed E-state index contributed by atoms with van der Waals surface area (Å²) in [5.74, 6) is -0.261. The first-order valence-electron chi connectivity index (χ1n) is 8.24. The number of halogens is 1. The molecule has 1 aliphatic rings. The van der Waals surface area contributed by atoms with Crippen LogP contribution in [-0.2, 0) is 16.0 Å². The highest BCUT2D eigenvalue weighted by atomic mass is 35.5. The zero-order valence-electron chi connectivity index (χ0n) is 13.9. The van der Waals surface area contributed by atoms with E-state index in [-0.39, 0.29) is 36.2 Å². The molecule has 24 heavy (non-hydrogen) atoms. The van der Waals surface area contributed by atoms with E-state index in [0.717, 1.165) is 17.6 Å². The van der Waals surface area contributed by atoms with E-state index in [1.807, 2.05) is 17.0 Å². The first kappa shape index (κ1) is 16.8. The lowest BCUT2D eigenvalue weighted by Crippen LogP contribution is -2.46. The van der Waals surface area contributed by atoms with E-state index in [1.54, 1.807) is 0 Å². The van der Waals surface area contributed by atoms with Crippen molar-refractivity contribution in [1.82, 2.24) is 15.2 Å². The van der Waals surface area contributed by atoms with Crippen LogP contribution in [0.2, 0.25) is 0 Å². The molecule has 0 saturated carbocycles. The number of para-hydroxylation sites is 1. The number of H-pyrrole nitrogens is 1. The van der Waals surface area contributed by atoms with Crippen LogP contribution in [-0.4, -0.2) is 40.7 Å². The zero-order valence-corrected chi connectivity index (χ0v) is 14.7. The van der Waals surface area contributed by atoms with Gasteiger partial charge in [0.05, 0.1) is 12.6 Å². The van der Waals surface area contributed by atoms with Crippen LogP contribution >= 0.6 is 11.6 Å².